The Kier molecular flexibility index (Phi) is 4.58. The van der Waals surface area contributed by atoms with Gasteiger partial charge in [-0.2, -0.15) is 0 Å². The van der Waals surface area contributed by atoms with Crippen molar-refractivity contribution in [3.05, 3.63) is 65.7 Å². The first-order valence-electron chi connectivity index (χ1n) is 6.71. The lowest BCUT2D eigenvalue weighted by atomic mass is 10.1. The van der Waals surface area contributed by atoms with Gasteiger partial charge in [0.15, 0.2) is 0 Å². The average Bonchev–Trinajstić information content (AvgIpc) is 2.48. The molecule has 0 aliphatic carbocycles. The van der Waals surface area contributed by atoms with Gasteiger partial charge in [0.1, 0.15) is 11.9 Å². The van der Waals surface area contributed by atoms with E-state index >= 15 is 0 Å². The summed E-state index contributed by atoms with van der Waals surface area (Å²) in [6, 6.07) is 17.8. The molecule has 0 spiro atoms. The molecule has 2 aromatic carbocycles. The Morgan fingerprint density at radius 2 is 1.63 bits per heavy atom. The maximum Gasteiger partial charge on any atom is 0.126 e. The van der Waals surface area contributed by atoms with Gasteiger partial charge >= 0.3 is 0 Å². The third kappa shape index (κ3) is 3.36. The second kappa shape index (κ2) is 6.39. The molecular formula is C17H20O2. The van der Waals surface area contributed by atoms with Gasteiger partial charge < -0.3 is 9.84 Å². The standard InChI is InChI=1S/C17H20O2/c1-3-16(18)15-11-7-8-12-17(15)19-13(2)14-9-5-4-6-10-14/h4-13,16,18H,3H2,1-2H3. The van der Waals surface area contributed by atoms with Crippen LogP contribution in [-0.4, -0.2) is 5.11 Å². The normalized spacial score (nSPS) is 13.8. The van der Waals surface area contributed by atoms with Crippen LogP contribution in [0, 0.1) is 0 Å². The lowest BCUT2D eigenvalue weighted by Crippen LogP contribution is -2.06. The van der Waals surface area contributed by atoms with Gasteiger partial charge in [-0.05, 0) is 25.0 Å². The summed E-state index contributed by atoms with van der Waals surface area (Å²) in [4.78, 5) is 0. The number of hydrogen-bond acceptors (Lipinski definition) is 2. The van der Waals surface area contributed by atoms with Crippen LogP contribution in [0.1, 0.15) is 43.6 Å². The van der Waals surface area contributed by atoms with Crippen LogP contribution in [0.5, 0.6) is 5.75 Å². The molecular weight excluding hydrogens is 236 g/mol. The Hall–Kier alpha value is -1.80. The van der Waals surface area contributed by atoms with Crippen LogP contribution in [0.3, 0.4) is 0 Å². The zero-order chi connectivity index (χ0) is 13.7. The highest BCUT2D eigenvalue weighted by Gasteiger charge is 2.14. The van der Waals surface area contributed by atoms with Gasteiger partial charge in [0, 0.05) is 5.56 Å². The lowest BCUT2D eigenvalue weighted by molar-refractivity contribution is 0.159. The SMILES string of the molecule is CCC(O)c1ccccc1OC(C)c1ccccc1. The minimum absolute atomic E-state index is 0.0357. The van der Waals surface area contributed by atoms with Gasteiger partial charge in [0.2, 0.25) is 0 Å². The molecule has 0 aliphatic heterocycles. The number of aliphatic hydroxyl groups is 1. The summed E-state index contributed by atoms with van der Waals surface area (Å²) in [5.74, 6) is 0.758. The van der Waals surface area contributed by atoms with E-state index in [0.717, 1.165) is 16.9 Å². The van der Waals surface area contributed by atoms with Crippen molar-refractivity contribution in [3.8, 4) is 5.75 Å². The molecule has 0 aromatic heterocycles. The third-order valence-electron chi connectivity index (χ3n) is 3.24. The van der Waals surface area contributed by atoms with Crippen LogP contribution in [-0.2, 0) is 0 Å². The molecule has 1 N–H and O–H groups in total. The summed E-state index contributed by atoms with van der Waals surface area (Å²) in [5.41, 5.74) is 1.98. The topological polar surface area (TPSA) is 29.5 Å². The van der Waals surface area contributed by atoms with Crippen LogP contribution >= 0.6 is 0 Å². The zero-order valence-electron chi connectivity index (χ0n) is 11.4. The van der Waals surface area contributed by atoms with E-state index in [1.54, 1.807) is 0 Å². The van der Waals surface area contributed by atoms with Crippen molar-refractivity contribution in [2.75, 3.05) is 0 Å². The van der Waals surface area contributed by atoms with E-state index in [1.165, 1.54) is 0 Å². The predicted molar refractivity (Wildman–Crippen MR) is 77.2 cm³/mol. The van der Waals surface area contributed by atoms with Gasteiger partial charge in [0.25, 0.3) is 0 Å². The minimum atomic E-state index is -0.473. The molecule has 2 heteroatoms. The van der Waals surface area contributed by atoms with Gasteiger partial charge in [-0.3, -0.25) is 0 Å². The number of ether oxygens (including phenoxy) is 1. The smallest absolute Gasteiger partial charge is 0.126 e. The fourth-order valence-corrected chi connectivity index (χ4v) is 2.07. The molecule has 19 heavy (non-hydrogen) atoms. The second-order valence-corrected chi connectivity index (χ2v) is 4.63. The number of para-hydroxylation sites is 1. The zero-order valence-corrected chi connectivity index (χ0v) is 11.4. The summed E-state index contributed by atoms with van der Waals surface area (Å²) >= 11 is 0. The monoisotopic (exact) mass is 256 g/mol. The Morgan fingerprint density at radius 3 is 2.32 bits per heavy atom. The largest absolute Gasteiger partial charge is 0.486 e. The molecule has 0 fully saturated rings. The van der Waals surface area contributed by atoms with Crippen molar-refractivity contribution in [1.29, 1.82) is 0 Å². The molecule has 0 heterocycles. The first-order chi connectivity index (χ1) is 9.22. The molecule has 0 amide bonds. The highest BCUT2D eigenvalue weighted by Crippen LogP contribution is 2.30. The molecule has 2 nitrogen and oxygen atoms in total. The maximum atomic E-state index is 10.0. The Balaban J connectivity index is 2.19. The van der Waals surface area contributed by atoms with Crippen molar-refractivity contribution in [2.45, 2.75) is 32.5 Å². The molecule has 100 valence electrons. The van der Waals surface area contributed by atoms with Gasteiger partial charge in [0.05, 0.1) is 6.10 Å². The molecule has 0 saturated carbocycles. The molecule has 2 atom stereocenters. The quantitative estimate of drug-likeness (QED) is 0.865. The molecule has 2 aromatic rings. The van der Waals surface area contributed by atoms with E-state index in [2.05, 4.69) is 0 Å². The number of hydrogen-bond donors (Lipinski definition) is 1. The fourth-order valence-electron chi connectivity index (χ4n) is 2.07. The van der Waals surface area contributed by atoms with E-state index in [9.17, 15) is 5.11 Å². The van der Waals surface area contributed by atoms with Crippen LogP contribution in [0.15, 0.2) is 54.6 Å². The molecule has 0 bridgehead atoms. The van der Waals surface area contributed by atoms with Crippen molar-refractivity contribution in [2.24, 2.45) is 0 Å². The minimum Gasteiger partial charge on any atom is -0.486 e. The molecule has 0 aliphatic rings. The first-order valence-corrected chi connectivity index (χ1v) is 6.71. The lowest BCUT2D eigenvalue weighted by Gasteiger charge is -2.19. The number of rotatable bonds is 5. The Morgan fingerprint density at radius 1 is 1.00 bits per heavy atom. The molecule has 2 rings (SSSR count). The van der Waals surface area contributed by atoms with Gasteiger partial charge in [-0.1, -0.05) is 55.5 Å². The maximum absolute atomic E-state index is 10.0. The van der Waals surface area contributed by atoms with Crippen LogP contribution in [0.25, 0.3) is 0 Å². The van der Waals surface area contributed by atoms with Crippen molar-refractivity contribution < 1.29 is 9.84 Å². The second-order valence-electron chi connectivity index (χ2n) is 4.63. The number of benzene rings is 2. The third-order valence-corrected chi connectivity index (χ3v) is 3.24. The van der Waals surface area contributed by atoms with Crippen LogP contribution < -0.4 is 4.74 Å². The average molecular weight is 256 g/mol. The number of aliphatic hydroxyl groups excluding tert-OH is 1. The summed E-state index contributed by atoms with van der Waals surface area (Å²) in [5, 5.41) is 10.0. The first kappa shape index (κ1) is 13.6. The molecule has 0 saturated heterocycles. The molecule has 2 unspecified atom stereocenters. The van der Waals surface area contributed by atoms with E-state index in [1.807, 2.05) is 68.4 Å². The summed E-state index contributed by atoms with van der Waals surface area (Å²) in [6.07, 6.45) is 0.172. The van der Waals surface area contributed by atoms with Gasteiger partial charge in [-0.15, -0.1) is 0 Å². The predicted octanol–water partition coefficient (Wildman–Crippen LogP) is 4.27. The molecule has 0 radical (unpaired) electrons. The van der Waals surface area contributed by atoms with E-state index in [-0.39, 0.29) is 6.10 Å². The fraction of sp³-hybridized carbons (Fsp3) is 0.294. The van der Waals surface area contributed by atoms with Crippen LogP contribution in [0.4, 0.5) is 0 Å². The van der Waals surface area contributed by atoms with E-state index in [4.69, 9.17) is 4.74 Å². The van der Waals surface area contributed by atoms with Crippen molar-refractivity contribution in [1.82, 2.24) is 0 Å². The van der Waals surface area contributed by atoms with Crippen LogP contribution in [0.2, 0.25) is 0 Å². The summed E-state index contributed by atoms with van der Waals surface area (Å²) < 4.78 is 5.99. The summed E-state index contributed by atoms with van der Waals surface area (Å²) in [7, 11) is 0. The Bertz CT molecular complexity index is 508. The highest BCUT2D eigenvalue weighted by molar-refractivity contribution is 5.35. The summed E-state index contributed by atoms with van der Waals surface area (Å²) in [6.45, 7) is 3.98. The van der Waals surface area contributed by atoms with Crippen molar-refractivity contribution >= 4 is 0 Å². The Labute approximate surface area is 114 Å². The van der Waals surface area contributed by atoms with E-state index < -0.39 is 6.10 Å². The van der Waals surface area contributed by atoms with E-state index in [0.29, 0.717) is 6.42 Å². The van der Waals surface area contributed by atoms with Crippen molar-refractivity contribution in [3.63, 3.8) is 0 Å². The highest BCUT2D eigenvalue weighted by atomic mass is 16.5. The van der Waals surface area contributed by atoms with Gasteiger partial charge in [-0.25, -0.2) is 0 Å².